The van der Waals surface area contributed by atoms with Gasteiger partial charge in [0.05, 0.1) is 12.1 Å². The third-order valence-electron chi connectivity index (χ3n) is 1.81. The van der Waals surface area contributed by atoms with E-state index < -0.39 is 0 Å². The van der Waals surface area contributed by atoms with Gasteiger partial charge in [0.2, 0.25) is 0 Å². The fourth-order valence-corrected chi connectivity index (χ4v) is 1.12. The number of likely N-dealkylation sites (N-methyl/N-ethyl adjacent to an activating group) is 1. The Labute approximate surface area is 81.7 Å². The minimum absolute atomic E-state index is 0.0138. The Hall–Kier alpha value is -0.590. The second kappa shape index (κ2) is 6.88. The summed E-state index contributed by atoms with van der Waals surface area (Å²) in [5.41, 5.74) is 0. The third kappa shape index (κ3) is 7.76. The Morgan fingerprint density at radius 2 is 2.00 bits per heavy atom. The Morgan fingerprint density at radius 1 is 1.38 bits per heavy atom. The molecule has 0 aromatic heterocycles. The van der Waals surface area contributed by atoms with Gasteiger partial charge in [0, 0.05) is 13.1 Å². The highest BCUT2D eigenvalue weighted by atomic mass is 15.1. The molecule has 1 atom stereocenters. The summed E-state index contributed by atoms with van der Waals surface area (Å²) in [6.07, 6.45) is 0.934. The van der Waals surface area contributed by atoms with E-state index in [1.807, 2.05) is 14.1 Å². The van der Waals surface area contributed by atoms with E-state index in [4.69, 9.17) is 5.26 Å². The van der Waals surface area contributed by atoms with Crippen LogP contribution in [0.2, 0.25) is 0 Å². The van der Waals surface area contributed by atoms with Gasteiger partial charge in [-0.2, -0.15) is 5.26 Å². The highest BCUT2D eigenvalue weighted by molar-refractivity contribution is 4.90. The highest BCUT2D eigenvalue weighted by Gasteiger charge is 2.07. The smallest absolute Gasteiger partial charge is 0.0955 e. The third-order valence-corrected chi connectivity index (χ3v) is 1.81. The van der Waals surface area contributed by atoms with Crippen molar-refractivity contribution in [3.63, 3.8) is 0 Å². The molecule has 0 aromatic carbocycles. The summed E-state index contributed by atoms with van der Waals surface area (Å²) >= 11 is 0. The monoisotopic (exact) mass is 183 g/mol. The van der Waals surface area contributed by atoms with Crippen LogP contribution in [-0.4, -0.2) is 38.1 Å². The number of hydrogen-bond acceptors (Lipinski definition) is 3. The number of hydrogen-bond donors (Lipinski definition) is 1. The first-order chi connectivity index (χ1) is 6.06. The standard InChI is InChI=1S/C10H21N3/c1-9(2)7-10(8-11)12-5-6-13(3)4/h9-10,12H,5-7H2,1-4H3. The normalized spacial score (nSPS) is 13.3. The van der Waals surface area contributed by atoms with E-state index in [0.29, 0.717) is 5.92 Å². The van der Waals surface area contributed by atoms with Gasteiger partial charge in [0.25, 0.3) is 0 Å². The van der Waals surface area contributed by atoms with E-state index in [-0.39, 0.29) is 6.04 Å². The van der Waals surface area contributed by atoms with E-state index in [1.54, 1.807) is 0 Å². The molecule has 3 nitrogen and oxygen atoms in total. The van der Waals surface area contributed by atoms with Crippen LogP contribution in [-0.2, 0) is 0 Å². The molecule has 1 N–H and O–H groups in total. The van der Waals surface area contributed by atoms with Crippen LogP contribution in [0.25, 0.3) is 0 Å². The fraction of sp³-hybridized carbons (Fsp3) is 0.900. The summed E-state index contributed by atoms with van der Waals surface area (Å²) in [6, 6.07) is 2.29. The van der Waals surface area contributed by atoms with Crippen LogP contribution in [0.3, 0.4) is 0 Å². The molecule has 0 aromatic rings. The Kier molecular flexibility index (Phi) is 6.56. The number of rotatable bonds is 6. The summed E-state index contributed by atoms with van der Waals surface area (Å²) in [6.45, 7) is 6.14. The van der Waals surface area contributed by atoms with Crippen molar-refractivity contribution in [1.29, 1.82) is 5.26 Å². The summed E-state index contributed by atoms with van der Waals surface area (Å²) in [5.74, 6) is 0.580. The van der Waals surface area contributed by atoms with Crippen LogP contribution < -0.4 is 5.32 Å². The first kappa shape index (κ1) is 12.4. The van der Waals surface area contributed by atoms with Gasteiger partial charge in [-0.1, -0.05) is 13.8 Å². The van der Waals surface area contributed by atoms with Crippen molar-refractivity contribution in [2.24, 2.45) is 5.92 Å². The topological polar surface area (TPSA) is 39.1 Å². The molecule has 0 rings (SSSR count). The van der Waals surface area contributed by atoms with Crippen LogP contribution >= 0.6 is 0 Å². The van der Waals surface area contributed by atoms with Gasteiger partial charge >= 0.3 is 0 Å². The molecule has 3 heteroatoms. The molecule has 0 fully saturated rings. The molecule has 0 saturated carbocycles. The minimum atomic E-state index is 0.0138. The van der Waals surface area contributed by atoms with Crippen LogP contribution in [0, 0.1) is 17.2 Å². The molecule has 13 heavy (non-hydrogen) atoms. The van der Waals surface area contributed by atoms with Crippen molar-refractivity contribution in [3.05, 3.63) is 0 Å². The SMILES string of the molecule is CC(C)CC(C#N)NCCN(C)C. The average Bonchev–Trinajstić information content (AvgIpc) is 2.01. The molecule has 0 amide bonds. The van der Waals surface area contributed by atoms with E-state index in [2.05, 4.69) is 30.1 Å². The molecule has 0 aliphatic rings. The Morgan fingerprint density at radius 3 is 2.38 bits per heavy atom. The average molecular weight is 183 g/mol. The second-order valence-electron chi connectivity index (χ2n) is 4.07. The van der Waals surface area contributed by atoms with Crippen molar-refractivity contribution in [3.8, 4) is 6.07 Å². The molecule has 0 aliphatic carbocycles. The van der Waals surface area contributed by atoms with Crippen LogP contribution in [0.4, 0.5) is 0 Å². The quantitative estimate of drug-likeness (QED) is 0.669. The van der Waals surface area contributed by atoms with Crippen molar-refractivity contribution in [2.45, 2.75) is 26.3 Å². The van der Waals surface area contributed by atoms with Gasteiger partial charge in [-0.25, -0.2) is 0 Å². The zero-order valence-electron chi connectivity index (χ0n) is 9.17. The summed E-state index contributed by atoms with van der Waals surface area (Å²) in [5, 5.41) is 12.0. The van der Waals surface area contributed by atoms with Crippen LogP contribution in [0.1, 0.15) is 20.3 Å². The molecule has 0 bridgehead atoms. The molecule has 1 unspecified atom stereocenters. The van der Waals surface area contributed by atoms with Crippen LogP contribution in [0.15, 0.2) is 0 Å². The first-order valence-electron chi connectivity index (χ1n) is 4.84. The first-order valence-corrected chi connectivity index (χ1v) is 4.84. The molecular weight excluding hydrogens is 162 g/mol. The Bertz CT molecular complexity index is 158. The van der Waals surface area contributed by atoms with Crippen molar-refractivity contribution in [1.82, 2.24) is 10.2 Å². The number of nitriles is 1. The van der Waals surface area contributed by atoms with Gasteiger partial charge in [-0.15, -0.1) is 0 Å². The van der Waals surface area contributed by atoms with Crippen molar-refractivity contribution < 1.29 is 0 Å². The fourth-order valence-electron chi connectivity index (χ4n) is 1.12. The molecular formula is C10H21N3. The number of nitrogens with zero attached hydrogens (tertiary/aromatic N) is 2. The maximum atomic E-state index is 8.81. The van der Waals surface area contributed by atoms with Crippen molar-refractivity contribution >= 4 is 0 Å². The maximum absolute atomic E-state index is 8.81. The van der Waals surface area contributed by atoms with Gasteiger partial charge < -0.3 is 10.2 Å². The maximum Gasteiger partial charge on any atom is 0.0955 e. The lowest BCUT2D eigenvalue weighted by Crippen LogP contribution is -2.34. The Balaban J connectivity index is 3.56. The highest BCUT2D eigenvalue weighted by Crippen LogP contribution is 2.03. The summed E-state index contributed by atoms with van der Waals surface area (Å²) < 4.78 is 0. The predicted octanol–water partition coefficient (Wildman–Crippen LogP) is 1.08. The number of nitrogens with one attached hydrogen (secondary N) is 1. The minimum Gasteiger partial charge on any atom is -0.308 e. The summed E-state index contributed by atoms with van der Waals surface area (Å²) in [4.78, 5) is 2.11. The second-order valence-corrected chi connectivity index (χ2v) is 4.07. The lowest BCUT2D eigenvalue weighted by atomic mass is 10.1. The summed E-state index contributed by atoms with van der Waals surface area (Å²) in [7, 11) is 4.07. The van der Waals surface area contributed by atoms with Crippen LogP contribution in [0.5, 0.6) is 0 Å². The largest absolute Gasteiger partial charge is 0.308 e. The lowest BCUT2D eigenvalue weighted by molar-refractivity contribution is 0.382. The van der Waals surface area contributed by atoms with Crippen molar-refractivity contribution in [2.75, 3.05) is 27.2 Å². The van der Waals surface area contributed by atoms with E-state index in [9.17, 15) is 0 Å². The molecule has 0 radical (unpaired) electrons. The van der Waals surface area contributed by atoms with Gasteiger partial charge in [0.15, 0.2) is 0 Å². The molecule has 0 spiro atoms. The van der Waals surface area contributed by atoms with E-state index in [1.165, 1.54) is 0 Å². The van der Waals surface area contributed by atoms with Gasteiger partial charge in [-0.05, 0) is 26.4 Å². The van der Waals surface area contributed by atoms with Gasteiger partial charge in [-0.3, -0.25) is 0 Å². The zero-order valence-corrected chi connectivity index (χ0v) is 9.17. The van der Waals surface area contributed by atoms with E-state index >= 15 is 0 Å². The zero-order chi connectivity index (χ0) is 10.3. The lowest BCUT2D eigenvalue weighted by Gasteiger charge is -2.15. The molecule has 0 aliphatic heterocycles. The molecule has 76 valence electrons. The predicted molar refractivity (Wildman–Crippen MR) is 55.4 cm³/mol. The van der Waals surface area contributed by atoms with E-state index in [0.717, 1.165) is 19.5 Å². The van der Waals surface area contributed by atoms with Gasteiger partial charge in [0.1, 0.15) is 0 Å². The molecule has 0 heterocycles. The molecule has 0 saturated heterocycles.